The molecule has 0 spiro atoms. The number of ether oxygens (including phenoxy) is 1. The summed E-state index contributed by atoms with van der Waals surface area (Å²) in [6.45, 7) is 0.731. The van der Waals surface area contributed by atoms with Crippen LogP contribution in [0, 0.1) is 0 Å². The first kappa shape index (κ1) is 10.8. The summed E-state index contributed by atoms with van der Waals surface area (Å²) in [6.07, 6.45) is 6.50. The van der Waals surface area contributed by atoms with Crippen LogP contribution < -0.4 is 0 Å². The van der Waals surface area contributed by atoms with E-state index in [-0.39, 0.29) is 0 Å². The van der Waals surface area contributed by atoms with Crippen LogP contribution in [0.2, 0.25) is 0 Å². The van der Waals surface area contributed by atoms with Gasteiger partial charge < -0.3 is 9.14 Å². The number of fused-ring (bicyclic) bond motifs is 1. The van der Waals surface area contributed by atoms with E-state index in [9.17, 15) is 4.79 Å². The lowest BCUT2D eigenvalue weighted by atomic mass is 10.2. The number of nitrogens with zero attached hydrogens (tertiary/aromatic N) is 2. The van der Waals surface area contributed by atoms with E-state index in [1.807, 2.05) is 22.9 Å². The van der Waals surface area contributed by atoms with Crippen LogP contribution >= 0.6 is 0 Å². The van der Waals surface area contributed by atoms with Crippen molar-refractivity contribution in [1.82, 2.24) is 9.38 Å². The molecule has 0 aliphatic heterocycles. The maximum Gasteiger partial charge on any atom is 0.153 e. The van der Waals surface area contributed by atoms with Gasteiger partial charge in [0.2, 0.25) is 0 Å². The third-order valence-corrected chi connectivity index (χ3v) is 2.47. The molecule has 0 fully saturated rings. The van der Waals surface area contributed by atoms with Gasteiger partial charge in [0.05, 0.1) is 11.3 Å². The van der Waals surface area contributed by atoms with Gasteiger partial charge in [0, 0.05) is 26.1 Å². The second kappa shape index (κ2) is 4.90. The minimum absolute atomic E-state index is 0.625. The van der Waals surface area contributed by atoms with Gasteiger partial charge in [0.15, 0.2) is 6.29 Å². The second-order valence-corrected chi connectivity index (χ2v) is 3.64. The lowest BCUT2D eigenvalue weighted by Gasteiger charge is -1.94. The molecule has 4 nitrogen and oxygen atoms in total. The number of pyridine rings is 1. The number of hydrogen-bond donors (Lipinski definition) is 0. The van der Waals surface area contributed by atoms with Gasteiger partial charge in [-0.05, 0) is 25.0 Å². The molecule has 0 atom stereocenters. The molecule has 0 saturated heterocycles. The molecule has 0 aliphatic carbocycles. The quantitative estimate of drug-likeness (QED) is 0.567. The highest BCUT2D eigenvalue weighted by Crippen LogP contribution is 2.10. The Bertz CT molecular complexity index is 491. The molecule has 2 aromatic heterocycles. The van der Waals surface area contributed by atoms with Crippen LogP contribution in [0.25, 0.3) is 5.65 Å². The molecule has 84 valence electrons. The van der Waals surface area contributed by atoms with Crippen molar-refractivity contribution in [2.24, 2.45) is 0 Å². The van der Waals surface area contributed by atoms with E-state index in [1.165, 1.54) is 0 Å². The zero-order chi connectivity index (χ0) is 11.4. The van der Waals surface area contributed by atoms with E-state index in [1.54, 1.807) is 13.2 Å². The Morgan fingerprint density at radius 2 is 2.44 bits per heavy atom. The summed E-state index contributed by atoms with van der Waals surface area (Å²) in [4.78, 5) is 15.2. The van der Waals surface area contributed by atoms with Crippen LogP contribution in [-0.2, 0) is 11.2 Å². The molecule has 0 saturated carbocycles. The SMILES string of the molecule is COCCCc1cn2cccc(C=O)c2n1. The van der Waals surface area contributed by atoms with Crippen LogP contribution in [0.1, 0.15) is 22.5 Å². The van der Waals surface area contributed by atoms with Crippen molar-refractivity contribution in [3.63, 3.8) is 0 Å². The largest absolute Gasteiger partial charge is 0.385 e. The molecular formula is C12H14N2O2. The number of carbonyl (C=O) groups is 1. The average molecular weight is 218 g/mol. The lowest BCUT2D eigenvalue weighted by molar-refractivity contribution is 0.112. The molecule has 0 aromatic carbocycles. The van der Waals surface area contributed by atoms with Crippen molar-refractivity contribution in [3.8, 4) is 0 Å². The highest BCUT2D eigenvalue weighted by atomic mass is 16.5. The standard InChI is InChI=1S/C12H14N2O2/c1-16-7-3-5-11-8-14-6-2-4-10(9-15)12(14)13-11/h2,4,6,8-9H,3,5,7H2,1H3. The van der Waals surface area contributed by atoms with Gasteiger partial charge in [0.25, 0.3) is 0 Å². The third-order valence-electron chi connectivity index (χ3n) is 2.47. The number of hydrogen-bond acceptors (Lipinski definition) is 3. The van der Waals surface area contributed by atoms with Gasteiger partial charge in [0.1, 0.15) is 5.65 Å². The van der Waals surface area contributed by atoms with Crippen LogP contribution in [-0.4, -0.2) is 29.4 Å². The minimum Gasteiger partial charge on any atom is -0.385 e. The smallest absolute Gasteiger partial charge is 0.153 e. The summed E-state index contributed by atoms with van der Waals surface area (Å²) in [7, 11) is 1.69. The number of rotatable bonds is 5. The molecule has 2 heterocycles. The van der Waals surface area contributed by atoms with E-state index in [4.69, 9.17) is 4.74 Å². The molecule has 0 bridgehead atoms. The molecule has 0 N–H and O–H groups in total. The maximum absolute atomic E-state index is 10.8. The van der Waals surface area contributed by atoms with Gasteiger partial charge in [-0.3, -0.25) is 4.79 Å². The number of imidazole rings is 1. The van der Waals surface area contributed by atoms with Gasteiger partial charge in [-0.1, -0.05) is 0 Å². The molecule has 0 unspecified atom stereocenters. The molecule has 2 rings (SSSR count). The summed E-state index contributed by atoms with van der Waals surface area (Å²) in [5.41, 5.74) is 2.34. The first-order chi connectivity index (χ1) is 7.85. The van der Waals surface area contributed by atoms with Gasteiger partial charge in [-0.25, -0.2) is 4.98 Å². The lowest BCUT2D eigenvalue weighted by Crippen LogP contribution is -1.92. The number of aryl methyl sites for hydroxylation is 1. The summed E-state index contributed by atoms with van der Waals surface area (Å²) in [5.74, 6) is 0. The number of carbonyl (C=O) groups excluding carboxylic acids is 1. The Morgan fingerprint density at radius 3 is 3.19 bits per heavy atom. The van der Waals surface area contributed by atoms with E-state index in [0.717, 1.165) is 37.1 Å². The van der Waals surface area contributed by atoms with E-state index in [2.05, 4.69) is 4.98 Å². The molecule has 2 aromatic rings. The highest BCUT2D eigenvalue weighted by Gasteiger charge is 2.04. The summed E-state index contributed by atoms with van der Waals surface area (Å²) >= 11 is 0. The van der Waals surface area contributed by atoms with Gasteiger partial charge in [-0.2, -0.15) is 0 Å². The zero-order valence-electron chi connectivity index (χ0n) is 9.22. The number of aldehydes is 1. The summed E-state index contributed by atoms with van der Waals surface area (Å²) in [6, 6.07) is 3.62. The molecule has 0 aliphatic rings. The predicted octanol–water partition coefficient (Wildman–Crippen LogP) is 1.73. The third kappa shape index (κ3) is 2.12. The Kier molecular flexibility index (Phi) is 3.31. The van der Waals surface area contributed by atoms with Crippen molar-refractivity contribution in [3.05, 3.63) is 35.8 Å². The maximum atomic E-state index is 10.8. The summed E-state index contributed by atoms with van der Waals surface area (Å²) in [5, 5.41) is 0. The van der Waals surface area contributed by atoms with E-state index in [0.29, 0.717) is 5.56 Å². The fourth-order valence-electron chi connectivity index (χ4n) is 1.70. The van der Waals surface area contributed by atoms with Crippen molar-refractivity contribution in [1.29, 1.82) is 0 Å². The zero-order valence-corrected chi connectivity index (χ0v) is 9.22. The van der Waals surface area contributed by atoms with Gasteiger partial charge >= 0.3 is 0 Å². The van der Waals surface area contributed by atoms with Crippen LogP contribution in [0.15, 0.2) is 24.5 Å². The van der Waals surface area contributed by atoms with Gasteiger partial charge in [-0.15, -0.1) is 0 Å². The van der Waals surface area contributed by atoms with E-state index >= 15 is 0 Å². The second-order valence-electron chi connectivity index (χ2n) is 3.64. The summed E-state index contributed by atoms with van der Waals surface area (Å²) < 4.78 is 6.87. The van der Waals surface area contributed by atoms with Crippen molar-refractivity contribution >= 4 is 11.9 Å². The van der Waals surface area contributed by atoms with Crippen molar-refractivity contribution in [2.45, 2.75) is 12.8 Å². The highest BCUT2D eigenvalue weighted by molar-refractivity contribution is 5.84. The van der Waals surface area contributed by atoms with Crippen molar-refractivity contribution in [2.75, 3.05) is 13.7 Å². The fourth-order valence-corrected chi connectivity index (χ4v) is 1.70. The first-order valence-corrected chi connectivity index (χ1v) is 5.26. The Morgan fingerprint density at radius 1 is 1.56 bits per heavy atom. The molecule has 0 radical (unpaired) electrons. The fraction of sp³-hybridized carbons (Fsp3) is 0.333. The number of methoxy groups -OCH3 is 1. The minimum atomic E-state index is 0.625. The van der Waals surface area contributed by atoms with Crippen LogP contribution in [0.3, 0.4) is 0 Å². The monoisotopic (exact) mass is 218 g/mol. The van der Waals surface area contributed by atoms with Crippen LogP contribution in [0.4, 0.5) is 0 Å². The van der Waals surface area contributed by atoms with E-state index < -0.39 is 0 Å². The van der Waals surface area contributed by atoms with Crippen LogP contribution in [0.5, 0.6) is 0 Å². The molecule has 0 amide bonds. The molecule has 16 heavy (non-hydrogen) atoms. The Labute approximate surface area is 93.9 Å². The molecule has 4 heteroatoms. The Balaban J connectivity index is 2.25. The topological polar surface area (TPSA) is 43.6 Å². The first-order valence-electron chi connectivity index (χ1n) is 5.26. The van der Waals surface area contributed by atoms with Crippen molar-refractivity contribution < 1.29 is 9.53 Å². The molecular weight excluding hydrogens is 204 g/mol. The normalized spacial score (nSPS) is 10.8. The predicted molar refractivity (Wildman–Crippen MR) is 60.8 cm³/mol. The number of aromatic nitrogens is 2. The Hall–Kier alpha value is -1.68. The average Bonchev–Trinajstić information content (AvgIpc) is 2.71.